The number of carbonyl (C=O) groups excluding carboxylic acids is 1. The monoisotopic (exact) mass is 531 g/mol. The summed E-state index contributed by atoms with van der Waals surface area (Å²) in [6.45, 7) is 7.70. The van der Waals surface area contributed by atoms with E-state index < -0.39 is 5.97 Å². The first-order valence-corrected chi connectivity index (χ1v) is 14.3. The third kappa shape index (κ3) is 4.66. The first kappa shape index (κ1) is 24.9. The van der Waals surface area contributed by atoms with Gasteiger partial charge in [0.15, 0.2) is 5.13 Å². The van der Waals surface area contributed by atoms with Gasteiger partial charge in [0.2, 0.25) is 0 Å². The number of rotatable bonds is 7. The molecule has 3 aliphatic rings. The largest absolute Gasteiger partial charge is 0.488 e. The van der Waals surface area contributed by atoms with E-state index in [1.165, 1.54) is 0 Å². The maximum absolute atomic E-state index is 12.6. The number of ether oxygens (including phenoxy) is 1. The van der Waals surface area contributed by atoms with E-state index in [-0.39, 0.29) is 23.7 Å². The van der Waals surface area contributed by atoms with Crippen LogP contribution < -0.4 is 9.64 Å². The smallest absolute Gasteiger partial charge is 0.307 e. The number of aryl methyl sites for hydroxylation is 2. The van der Waals surface area contributed by atoms with Crippen molar-refractivity contribution in [3.63, 3.8) is 0 Å². The molecule has 2 aliphatic heterocycles. The Bertz CT molecular complexity index is 1370. The Kier molecular flexibility index (Phi) is 6.60. The fourth-order valence-electron chi connectivity index (χ4n) is 6.13. The number of thiazole rings is 1. The number of piperidine rings is 1. The average Bonchev–Trinajstić information content (AvgIpc) is 3.45. The number of anilines is 1. The molecule has 1 N–H and O–H groups in total. The van der Waals surface area contributed by atoms with E-state index in [1.54, 1.807) is 11.3 Å². The van der Waals surface area contributed by atoms with Gasteiger partial charge in [-0.25, -0.2) is 4.98 Å². The van der Waals surface area contributed by atoms with Gasteiger partial charge in [0.25, 0.3) is 5.91 Å². The second kappa shape index (κ2) is 10.1. The molecule has 0 spiro atoms. The molecule has 3 fully saturated rings. The number of carbonyl (C=O) groups is 2. The highest BCUT2D eigenvalue weighted by Gasteiger charge is 2.46. The second-order valence-electron chi connectivity index (χ2n) is 11.0. The van der Waals surface area contributed by atoms with Crippen LogP contribution in [0.3, 0.4) is 0 Å². The number of amides is 1. The number of carboxylic acid groups (broad SMARTS) is 1. The molecule has 6 rings (SSSR count). The second-order valence-corrected chi connectivity index (χ2v) is 11.8. The highest BCUT2D eigenvalue weighted by Crippen LogP contribution is 2.44. The minimum absolute atomic E-state index is 0.104. The SMILES string of the molecule is Cc1ccc(OCc2ccc(C(=O)N3CCC3)cc2C)c(-c2csc(N3C[C@H]4CC[C@@H](C3)[C@@H]4C(=O)O)n2)c1. The van der Waals surface area contributed by atoms with Crippen molar-refractivity contribution in [1.29, 1.82) is 0 Å². The molecule has 0 radical (unpaired) electrons. The molecule has 3 heterocycles. The molecule has 1 amide bonds. The van der Waals surface area contributed by atoms with Gasteiger partial charge in [0.05, 0.1) is 11.6 Å². The van der Waals surface area contributed by atoms with Gasteiger partial charge in [-0.3, -0.25) is 9.59 Å². The Balaban J connectivity index is 1.18. The molecule has 1 aliphatic carbocycles. The molecule has 198 valence electrons. The van der Waals surface area contributed by atoms with Crippen LogP contribution in [0.25, 0.3) is 11.3 Å². The molecular weight excluding hydrogens is 498 g/mol. The molecule has 2 bridgehead atoms. The lowest BCUT2D eigenvalue weighted by molar-refractivity contribution is -0.144. The van der Waals surface area contributed by atoms with Crippen molar-refractivity contribution >= 4 is 28.3 Å². The lowest BCUT2D eigenvalue weighted by Crippen LogP contribution is -2.44. The fraction of sp³-hybridized carbons (Fsp3) is 0.433. The summed E-state index contributed by atoms with van der Waals surface area (Å²) in [5.41, 5.74) is 5.79. The van der Waals surface area contributed by atoms with Gasteiger partial charge in [0.1, 0.15) is 12.4 Å². The third-order valence-corrected chi connectivity index (χ3v) is 9.31. The molecule has 3 aromatic rings. The predicted molar refractivity (Wildman–Crippen MR) is 148 cm³/mol. The lowest BCUT2D eigenvalue weighted by atomic mass is 9.85. The van der Waals surface area contributed by atoms with Gasteiger partial charge in [0, 0.05) is 42.7 Å². The first-order chi connectivity index (χ1) is 18.4. The molecule has 3 atom stereocenters. The zero-order valence-corrected chi connectivity index (χ0v) is 22.7. The zero-order valence-electron chi connectivity index (χ0n) is 21.9. The van der Waals surface area contributed by atoms with Crippen LogP contribution in [0.1, 0.15) is 46.3 Å². The van der Waals surface area contributed by atoms with Crippen molar-refractivity contribution < 1.29 is 19.4 Å². The molecular formula is C30H33N3O4S. The van der Waals surface area contributed by atoms with Gasteiger partial charge in [-0.05, 0) is 80.3 Å². The van der Waals surface area contributed by atoms with Crippen LogP contribution in [-0.2, 0) is 11.4 Å². The Hall–Kier alpha value is -3.39. The van der Waals surface area contributed by atoms with Gasteiger partial charge < -0.3 is 19.6 Å². The number of aliphatic carboxylic acids is 1. The van der Waals surface area contributed by atoms with Crippen LogP contribution in [0, 0.1) is 31.6 Å². The minimum Gasteiger partial charge on any atom is -0.488 e. The number of hydrogen-bond acceptors (Lipinski definition) is 6. The third-order valence-electron chi connectivity index (χ3n) is 8.41. The van der Waals surface area contributed by atoms with Crippen LogP contribution in [-0.4, -0.2) is 53.0 Å². The number of likely N-dealkylation sites (tertiary alicyclic amines) is 1. The van der Waals surface area contributed by atoms with E-state index in [9.17, 15) is 14.7 Å². The van der Waals surface area contributed by atoms with E-state index in [0.717, 1.165) is 89.8 Å². The van der Waals surface area contributed by atoms with Crippen molar-refractivity contribution in [2.24, 2.45) is 17.8 Å². The quantitative estimate of drug-likeness (QED) is 0.440. The van der Waals surface area contributed by atoms with Gasteiger partial charge in [-0.15, -0.1) is 11.3 Å². The number of nitrogens with zero attached hydrogens (tertiary/aromatic N) is 3. The topological polar surface area (TPSA) is 83.0 Å². The van der Waals surface area contributed by atoms with Crippen LogP contribution >= 0.6 is 11.3 Å². The van der Waals surface area contributed by atoms with Crippen LogP contribution in [0.4, 0.5) is 5.13 Å². The van der Waals surface area contributed by atoms with Crippen molar-refractivity contribution in [3.05, 3.63) is 64.0 Å². The summed E-state index contributed by atoms with van der Waals surface area (Å²) in [6.07, 6.45) is 3.05. The standard InChI is InChI=1S/C30H33N3O4S/c1-18-4-9-26(37-16-23-8-5-20(13-19(23)2)28(34)32-10-3-11-32)24(12-18)25-17-38-30(31-25)33-14-21-6-7-22(15-33)27(21)29(35)36/h4-5,8-9,12-13,17,21-22,27H,3,6-7,10-11,14-16H2,1-2H3,(H,35,36)/t21-,22+,27-. The van der Waals surface area contributed by atoms with E-state index >= 15 is 0 Å². The number of benzene rings is 2. The van der Waals surface area contributed by atoms with Crippen molar-refractivity contribution in [2.75, 3.05) is 31.1 Å². The molecule has 8 heteroatoms. The lowest BCUT2D eigenvalue weighted by Gasteiger charge is -2.35. The summed E-state index contributed by atoms with van der Waals surface area (Å²) < 4.78 is 6.32. The summed E-state index contributed by atoms with van der Waals surface area (Å²) in [6, 6.07) is 12.0. The number of hydrogen-bond donors (Lipinski definition) is 1. The Morgan fingerprint density at radius 1 is 1.08 bits per heavy atom. The van der Waals surface area contributed by atoms with Gasteiger partial charge in [-0.2, -0.15) is 0 Å². The predicted octanol–water partition coefficient (Wildman–Crippen LogP) is 5.40. The molecule has 0 unspecified atom stereocenters. The van der Waals surface area contributed by atoms with Crippen LogP contribution in [0.5, 0.6) is 5.75 Å². The Labute approximate surface area is 227 Å². The molecule has 2 aromatic carbocycles. The van der Waals surface area contributed by atoms with Gasteiger partial charge >= 0.3 is 5.97 Å². The molecule has 38 heavy (non-hydrogen) atoms. The first-order valence-electron chi connectivity index (χ1n) is 13.4. The van der Waals surface area contributed by atoms with Gasteiger partial charge in [-0.1, -0.05) is 17.7 Å². The zero-order chi connectivity index (χ0) is 26.4. The molecule has 7 nitrogen and oxygen atoms in total. The summed E-state index contributed by atoms with van der Waals surface area (Å²) in [4.78, 5) is 33.4. The minimum atomic E-state index is -0.647. The normalized spacial score (nSPS) is 22.3. The van der Waals surface area contributed by atoms with E-state index in [2.05, 4.69) is 23.3 Å². The van der Waals surface area contributed by atoms with Crippen LogP contribution in [0.15, 0.2) is 41.8 Å². The van der Waals surface area contributed by atoms with Crippen molar-refractivity contribution in [2.45, 2.75) is 39.7 Å². The van der Waals surface area contributed by atoms with Crippen LogP contribution in [0.2, 0.25) is 0 Å². The molecule has 1 aromatic heterocycles. The Morgan fingerprint density at radius 2 is 1.84 bits per heavy atom. The van der Waals surface area contributed by atoms with Crippen molar-refractivity contribution in [3.8, 4) is 17.0 Å². The number of carboxylic acids is 1. The summed E-state index contributed by atoms with van der Waals surface area (Å²) in [5, 5.41) is 12.7. The molecule has 2 saturated heterocycles. The van der Waals surface area contributed by atoms with E-state index in [0.29, 0.717) is 6.61 Å². The number of fused-ring (bicyclic) bond motifs is 2. The molecule has 1 saturated carbocycles. The maximum Gasteiger partial charge on any atom is 0.307 e. The fourth-order valence-corrected chi connectivity index (χ4v) is 6.98. The maximum atomic E-state index is 12.6. The highest BCUT2D eigenvalue weighted by molar-refractivity contribution is 7.14. The average molecular weight is 532 g/mol. The Morgan fingerprint density at radius 3 is 2.50 bits per heavy atom. The number of aromatic nitrogens is 1. The highest BCUT2D eigenvalue weighted by atomic mass is 32.1. The van der Waals surface area contributed by atoms with E-state index in [4.69, 9.17) is 9.72 Å². The summed E-state index contributed by atoms with van der Waals surface area (Å²) >= 11 is 1.61. The van der Waals surface area contributed by atoms with E-state index in [1.807, 2.05) is 42.2 Å². The van der Waals surface area contributed by atoms with Crippen molar-refractivity contribution in [1.82, 2.24) is 9.88 Å². The summed E-state index contributed by atoms with van der Waals surface area (Å²) in [7, 11) is 0. The summed E-state index contributed by atoms with van der Waals surface area (Å²) in [5.74, 6) is 0.420.